The van der Waals surface area contributed by atoms with Crippen molar-refractivity contribution in [2.45, 2.75) is 25.3 Å². The molecule has 1 unspecified atom stereocenters. The number of fused-ring (bicyclic) bond motifs is 2. The topological polar surface area (TPSA) is 124 Å². The molecule has 2 aliphatic rings. The summed E-state index contributed by atoms with van der Waals surface area (Å²) in [6.07, 6.45) is -0.405. The Hall–Kier alpha value is -3.72. The lowest BCUT2D eigenvalue weighted by Gasteiger charge is -2.22. The van der Waals surface area contributed by atoms with E-state index in [9.17, 15) is 29.1 Å². The van der Waals surface area contributed by atoms with E-state index in [1.54, 1.807) is 24.3 Å². The van der Waals surface area contributed by atoms with Gasteiger partial charge in [0.2, 0.25) is 23.6 Å². The highest BCUT2D eigenvalue weighted by Crippen LogP contribution is 2.49. The first-order valence-corrected chi connectivity index (χ1v) is 10.1. The number of nitrogens with zero attached hydrogens (tertiary/aromatic N) is 2. The maximum Gasteiger partial charge on any atom is 0.323 e. The molecule has 1 saturated heterocycles. The first-order chi connectivity index (χ1) is 15.1. The highest BCUT2D eigenvalue weighted by molar-refractivity contribution is 6.32. The number of amides is 4. The van der Waals surface area contributed by atoms with Gasteiger partial charge < -0.3 is 10.4 Å². The first kappa shape index (κ1) is 21.5. The molecule has 4 rings (SSSR count). The summed E-state index contributed by atoms with van der Waals surface area (Å²) in [6, 6.07) is 11.0. The molecule has 4 amide bonds. The number of hydrogen-bond donors (Lipinski definition) is 2. The summed E-state index contributed by atoms with van der Waals surface area (Å²) in [5.41, 5.74) is -0.154. The Morgan fingerprint density at radius 2 is 1.72 bits per heavy atom. The number of hydrogen-bond acceptors (Lipinski definition) is 5. The maximum absolute atomic E-state index is 13.5. The Balaban J connectivity index is 1.68. The van der Waals surface area contributed by atoms with Crippen molar-refractivity contribution in [1.82, 2.24) is 4.90 Å². The Labute approximate surface area is 187 Å². The van der Waals surface area contributed by atoms with E-state index < -0.39 is 42.1 Å². The summed E-state index contributed by atoms with van der Waals surface area (Å²) < 4.78 is 0. The molecule has 0 bridgehead atoms. The van der Waals surface area contributed by atoms with Crippen LogP contribution in [-0.2, 0) is 35.9 Å². The van der Waals surface area contributed by atoms with E-state index in [0.717, 1.165) is 9.80 Å². The van der Waals surface area contributed by atoms with Crippen LogP contribution in [0.4, 0.5) is 11.4 Å². The average molecular weight is 456 g/mol. The molecule has 0 aliphatic carbocycles. The van der Waals surface area contributed by atoms with Crippen molar-refractivity contribution < 1.29 is 29.1 Å². The molecule has 32 heavy (non-hydrogen) atoms. The van der Waals surface area contributed by atoms with Crippen LogP contribution in [0.2, 0.25) is 5.02 Å². The molecule has 0 aromatic heterocycles. The van der Waals surface area contributed by atoms with Crippen LogP contribution in [0.1, 0.15) is 24.5 Å². The van der Waals surface area contributed by atoms with E-state index in [0.29, 0.717) is 11.3 Å². The van der Waals surface area contributed by atoms with E-state index in [1.807, 2.05) is 0 Å². The van der Waals surface area contributed by atoms with Crippen molar-refractivity contribution in [3.05, 3.63) is 58.6 Å². The number of carboxylic acids is 1. The highest BCUT2D eigenvalue weighted by atomic mass is 35.5. The van der Waals surface area contributed by atoms with Crippen molar-refractivity contribution in [2.75, 3.05) is 16.8 Å². The average Bonchev–Trinajstić information content (AvgIpc) is 3.10. The Bertz CT molecular complexity index is 1180. The second-order valence-corrected chi connectivity index (χ2v) is 8.13. The molecule has 2 N–H and O–H groups in total. The van der Waals surface area contributed by atoms with Gasteiger partial charge in [-0.25, -0.2) is 0 Å². The quantitative estimate of drug-likeness (QED) is 0.524. The van der Waals surface area contributed by atoms with Crippen LogP contribution in [0.15, 0.2) is 42.5 Å². The monoisotopic (exact) mass is 455 g/mol. The van der Waals surface area contributed by atoms with Crippen LogP contribution in [-0.4, -0.2) is 46.1 Å². The number of imide groups is 1. The third-order valence-electron chi connectivity index (χ3n) is 5.56. The Morgan fingerprint density at radius 3 is 2.34 bits per heavy atom. The van der Waals surface area contributed by atoms with Gasteiger partial charge in [0, 0.05) is 28.9 Å². The fraction of sp³-hybridized carbons (Fsp3) is 0.227. The number of halogens is 1. The normalized spacial score (nSPS) is 19.6. The minimum Gasteiger partial charge on any atom is -0.480 e. The lowest BCUT2D eigenvalue weighted by molar-refractivity contribution is -0.143. The standard InChI is InChI=1S/C22H18ClN3O6/c1-12(27)24-15-5-2-13(3-6-15)10-26-18(28)9-22(21(26)32)16-8-14(23)4-7-17(16)25(20(22)31)11-19(29)30/h2-8H,9-11H2,1H3,(H,24,27)(H,29,30). The third-order valence-corrected chi connectivity index (χ3v) is 5.79. The molecule has 10 heteroatoms. The van der Waals surface area contributed by atoms with Gasteiger partial charge in [0.05, 0.1) is 13.0 Å². The van der Waals surface area contributed by atoms with Gasteiger partial charge in [0.1, 0.15) is 6.54 Å². The maximum atomic E-state index is 13.5. The van der Waals surface area contributed by atoms with Gasteiger partial charge in [-0.3, -0.25) is 33.8 Å². The fourth-order valence-electron chi connectivity index (χ4n) is 4.19. The van der Waals surface area contributed by atoms with Crippen LogP contribution in [0.5, 0.6) is 0 Å². The minimum atomic E-state index is -1.83. The van der Waals surface area contributed by atoms with Gasteiger partial charge in [-0.1, -0.05) is 23.7 Å². The van der Waals surface area contributed by atoms with Gasteiger partial charge in [-0.15, -0.1) is 0 Å². The van der Waals surface area contributed by atoms with Crippen molar-refractivity contribution in [3.63, 3.8) is 0 Å². The van der Waals surface area contributed by atoms with Crippen LogP contribution < -0.4 is 10.2 Å². The number of carbonyl (C=O) groups is 5. The van der Waals surface area contributed by atoms with Crippen LogP contribution >= 0.6 is 11.6 Å². The molecule has 2 aromatic carbocycles. The van der Waals surface area contributed by atoms with E-state index in [1.165, 1.54) is 25.1 Å². The molecule has 1 atom stereocenters. The predicted octanol–water partition coefficient (Wildman–Crippen LogP) is 1.93. The summed E-state index contributed by atoms with van der Waals surface area (Å²) in [5, 5.41) is 12.1. The van der Waals surface area contributed by atoms with Gasteiger partial charge in [0.15, 0.2) is 5.41 Å². The van der Waals surface area contributed by atoms with Crippen molar-refractivity contribution in [3.8, 4) is 0 Å². The second-order valence-electron chi connectivity index (χ2n) is 7.69. The number of nitrogens with one attached hydrogen (secondary N) is 1. The number of benzene rings is 2. The fourth-order valence-corrected chi connectivity index (χ4v) is 4.36. The zero-order valence-electron chi connectivity index (χ0n) is 16.9. The summed E-state index contributed by atoms with van der Waals surface area (Å²) in [5.74, 6) is -3.48. The lowest BCUT2D eigenvalue weighted by Crippen LogP contribution is -2.47. The largest absolute Gasteiger partial charge is 0.480 e. The van der Waals surface area contributed by atoms with Gasteiger partial charge in [-0.05, 0) is 35.9 Å². The van der Waals surface area contributed by atoms with Crippen molar-refractivity contribution in [1.29, 1.82) is 0 Å². The Kier molecular flexibility index (Phi) is 5.21. The van der Waals surface area contributed by atoms with Crippen molar-refractivity contribution in [2.24, 2.45) is 0 Å². The van der Waals surface area contributed by atoms with Crippen LogP contribution in [0.3, 0.4) is 0 Å². The summed E-state index contributed by atoms with van der Waals surface area (Å²) in [6.45, 7) is 0.675. The summed E-state index contributed by atoms with van der Waals surface area (Å²) in [7, 11) is 0. The van der Waals surface area contributed by atoms with E-state index in [4.69, 9.17) is 11.6 Å². The third kappa shape index (κ3) is 3.40. The van der Waals surface area contributed by atoms with Gasteiger partial charge >= 0.3 is 5.97 Å². The molecule has 2 aromatic rings. The van der Waals surface area contributed by atoms with Gasteiger partial charge in [-0.2, -0.15) is 0 Å². The number of carbonyl (C=O) groups excluding carboxylic acids is 4. The molecular weight excluding hydrogens is 438 g/mol. The highest BCUT2D eigenvalue weighted by Gasteiger charge is 2.63. The number of aliphatic carboxylic acids is 1. The number of anilines is 2. The molecule has 1 spiro atoms. The molecule has 0 radical (unpaired) electrons. The molecular formula is C22H18ClN3O6. The van der Waals surface area contributed by atoms with E-state index in [-0.39, 0.29) is 28.7 Å². The molecule has 164 valence electrons. The van der Waals surface area contributed by atoms with Gasteiger partial charge in [0.25, 0.3) is 0 Å². The molecule has 9 nitrogen and oxygen atoms in total. The smallest absolute Gasteiger partial charge is 0.323 e. The molecule has 2 aliphatic heterocycles. The van der Waals surface area contributed by atoms with E-state index in [2.05, 4.69) is 5.32 Å². The SMILES string of the molecule is CC(=O)Nc1ccc(CN2C(=O)CC3(C2=O)C(=O)N(CC(=O)O)c2ccc(Cl)cc23)cc1. The zero-order valence-corrected chi connectivity index (χ0v) is 17.7. The zero-order chi connectivity index (χ0) is 23.2. The molecule has 2 heterocycles. The Morgan fingerprint density at radius 1 is 1.06 bits per heavy atom. The predicted molar refractivity (Wildman–Crippen MR) is 114 cm³/mol. The molecule has 0 saturated carbocycles. The number of carboxylic acid groups (broad SMARTS) is 1. The minimum absolute atomic E-state index is 0.0676. The van der Waals surface area contributed by atoms with Crippen LogP contribution in [0, 0.1) is 0 Å². The summed E-state index contributed by atoms with van der Waals surface area (Å²) in [4.78, 5) is 64.1. The van der Waals surface area contributed by atoms with Crippen LogP contribution in [0.25, 0.3) is 0 Å². The summed E-state index contributed by atoms with van der Waals surface area (Å²) >= 11 is 6.10. The van der Waals surface area contributed by atoms with Crippen molar-refractivity contribution >= 4 is 52.6 Å². The lowest BCUT2D eigenvalue weighted by atomic mass is 9.80. The van der Waals surface area contributed by atoms with E-state index >= 15 is 0 Å². The first-order valence-electron chi connectivity index (χ1n) is 9.68. The second kappa shape index (κ2) is 7.76. The number of rotatable bonds is 5. The number of likely N-dealkylation sites (tertiary alicyclic amines) is 1. The molecule has 1 fully saturated rings.